The van der Waals surface area contributed by atoms with Crippen molar-refractivity contribution in [3.63, 3.8) is 0 Å². The molecule has 7 nitrogen and oxygen atoms in total. The van der Waals surface area contributed by atoms with Crippen LogP contribution in [-0.2, 0) is 6.54 Å². The fraction of sp³-hybridized carbons (Fsp3) is 0.185. The monoisotopic (exact) mass is 495 g/mol. The van der Waals surface area contributed by atoms with Crippen molar-refractivity contribution in [2.45, 2.75) is 19.4 Å². The fourth-order valence-electron chi connectivity index (χ4n) is 5.03. The molecule has 0 radical (unpaired) electrons. The minimum Gasteiger partial charge on any atom is -0.352 e. The molecule has 0 saturated carbocycles. The first kappa shape index (κ1) is 21.3. The number of hydrogen-bond acceptors (Lipinski definition) is 6. The third-order valence-electron chi connectivity index (χ3n) is 6.78. The van der Waals surface area contributed by atoms with Crippen LogP contribution < -0.4 is 0 Å². The Morgan fingerprint density at radius 1 is 0.917 bits per heavy atom. The Morgan fingerprint density at radius 3 is 2.67 bits per heavy atom. The Labute approximate surface area is 210 Å². The van der Waals surface area contributed by atoms with Gasteiger partial charge in [-0.2, -0.15) is 9.49 Å². The van der Waals surface area contributed by atoms with Gasteiger partial charge in [0.2, 0.25) is 0 Å². The van der Waals surface area contributed by atoms with E-state index in [-0.39, 0.29) is 5.13 Å². The Bertz CT molecular complexity index is 1710. The van der Waals surface area contributed by atoms with E-state index in [0.717, 1.165) is 85.9 Å². The van der Waals surface area contributed by atoms with Crippen LogP contribution in [0.4, 0.5) is 4.39 Å². The van der Waals surface area contributed by atoms with Crippen molar-refractivity contribution >= 4 is 33.1 Å². The van der Waals surface area contributed by atoms with Gasteiger partial charge in [0.05, 0.1) is 34.8 Å². The third kappa shape index (κ3) is 3.77. The van der Waals surface area contributed by atoms with Crippen LogP contribution in [0, 0.1) is 5.13 Å². The maximum atomic E-state index is 13.7. The zero-order valence-electron chi connectivity index (χ0n) is 19.3. The van der Waals surface area contributed by atoms with Crippen LogP contribution in [0.3, 0.4) is 0 Å². The summed E-state index contributed by atoms with van der Waals surface area (Å²) in [5, 5.41) is 9.42. The van der Waals surface area contributed by atoms with Crippen LogP contribution in [0.15, 0.2) is 61.3 Å². The molecular formula is C27H22FN7S. The van der Waals surface area contributed by atoms with Crippen LogP contribution in [0.1, 0.15) is 18.4 Å². The molecule has 0 atom stereocenters. The molecule has 1 saturated heterocycles. The van der Waals surface area contributed by atoms with Gasteiger partial charge in [-0.3, -0.25) is 25.0 Å². The largest absolute Gasteiger partial charge is 0.352 e. The second-order valence-electron chi connectivity index (χ2n) is 9.19. The minimum atomic E-state index is -0.213. The Hall–Kier alpha value is -3.95. The molecule has 7 heterocycles. The number of aromatic amines is 2. The van der Waals surface area contributed by atoms with Gasteiger partial charge in [-0.25, -0.2) is 0 Å². The van der Waals surface area contributed by atoms with E-state index < -0.39 is 0 Å². The quantitative estimate of drug-likeness (QED) is 0.305. The zero-order chi connectivity index (χ0) is 24.1. The van der Waals surface area contributed by atoms with Gasteiger partial charge in [-0.15, -0.1) is 11.3 Å². The summed E-state index contributed by atoms with van der Waals surface area (Å²) in [6.07, 6.45) is 11.7. The molecule has 1 aliphatic rings. The number of fused-ring (bicyclic) bond motifs is 2. The van der Waals surface area contributed by atoms with Gasteiger partial charge in [0.15, 0.2) is 5.13 Å². The standard InChI is InChI=1S/C27H22FN7S/c28-26-4-3-25(36-26)20-12-30-13-23-18(20)8-22(32-23)27-19-9-21(31-14-24(19)33-34-27)17-7-16(10-29-11-17)15-35-5-1-2-6-35/h3-4,7-14,32H,1-2,5-6,15H2,(H,33,34). The van der Waals surface area contributed by atoms with Gasteiger partial charge >= 0.3 is 0 Å². The van der Waals surface area contributed by atoms with Gasteiger partial charge in [-0.05, 0) is 61.8 Å². The number of rotatable bonds is 5. The lowest BCUT2D eigenvalue weighted by atomic mass is 10.1. The number of pyridine rings is 3. The molecular weight excluding hydrogens is 473 g/mol. The van der Waals surface area contributed by atoms with E-state index in [1.807, 2.05) is 18.6 Å². The highest BCUT2D eigenvalue weighted by atomic mass is 32.1. The van der Waals surface area contributed by atoms with E-state index in [1.54, 1.807) is 18.5 Å². The van der Waals surface area contributed by atoms with Crippen LogP contribution in [0.5, 0.6) is 0 Å². The van der Waals surface area contributed by atoms with Crippen LogP contribution in [0.2, 0.25) is 0 Å². The van der Waals surface area contributed by atoms with Gasteiger partial charge in [0, 0.05) is 51.9 Å². The molecule has 1 aliphatic heterocycles. The first-order chi connectivity index (χ1) is 17.7. The zero-order valence-corrected chi connectivity index (χ0v) is 20.1. The van der Waals surface area contributed by atoms with Crippen molar-refractivity contribution in [1.29, 1.82) is 0 Å². The molecule has 36 heavy (non-hydrogen) atoms. The van der Waals surface area contributed by atoms with E-state index >= 15 is 0 Å². The molecule has 178 valence electrons. The molecule has 2 N–H and O–H groups in total. The average molecular weight is 496 g/mol. The lowest BCUT2D eigenvalue weighted by Gasteiger charge is -2.14. The van der Waals surface area contributed by atoms with Crippen molar-refractivity contribution in [1.82, 2.24) is 35.0 Å². The molecule has 1 fully saturated rings. The highest BCUT2D eigenvalue weighted by Gasteiger charge is 2.17. The van der Waals surface area contributed by atoms with Crippen LogP contribution in [-0.4, -0.2) is 48.1 Å². The number of aromatic nitrogens is 6. The third-order valence-corrected chi connectivity index (χ3v) is 7.69. The van der Waals surface area contributed by atoms with E-state index in [0.29, 0.717) is 0 Å². The van der Waals surface area contributed by atoms with Crippen molar-refractivity contribution < 1.29 is 4.39 Å². The first-order valence-electron chi connectivity index (χ1n) is 11.9. The number of nitrogens with one attached hydrogen (secondary N) is 2. The maximum absolute atomic E-state index is 13.7. The Balaban J connectivity index is 1.28. The summed E-state index contributed by atoms with van der Waals surface area (Å²) < 4.78 is 13.7. The number of thiophene rings is 1. The van der Waals surface area contributed by atoms with Crippen molar-refractivity contribution in [3.8, 4) is 33.1 Å². The highest BCUT2D eigenvalue weighted by Crippen LogP contribution is 2.36. The second kappa shape index (κ2) is 8.61. The normalized spacial score (nSPS) is 14.4. The molecule has 0 aliphatic carbocycles. The topological polar surface area (TPSA) is 86.4 Å². The Kier molecular flexibility index (Phi) is 5.11. The SMILES string of the molecule is Fc1ccc(-c2cncc3[nH]c(-c4n[nH]c5cnc(-c6cncc(CN7CCCC7)c6)cc45)cc23)s1. The van der Waals surface area contributed by atoms with E-state index in [1.165, 1.54) is 24.5 Å². The molecule has 0 bridgehead atoms. The molecule has 0 spiro atoms. The first-order valence-corrected chi connectivity index (χ1v) is 12.8. The van der Waals surface area contributed by atoms with Gasteiger partial charge in [0.25, 0.3) is 0 Å². The summed E-state index contributed by atoms with van der Waals surface area (Å²) in [6.45, 7) is 3.21. The lowest BCUT2D eigenvalue weighted by molar-refractivity contribution is 0.331. The summed E-state index contributed by atoms with van der Waals surface area (Å²) >= 11 is 1.12. The smallest absolute Gasteiger partial charge is 0.176 e. The van der Waals surface area contributed by atoms with Gasteiger partial charge in [0.1, 0.15) is 5.69 Å². The summed E-state index contributed by atoms with van der Waals surface area (Å²) in [7, 11) is 0. The molecule has 0 aromatic carbocycles. The number of likely N-dealkylation sites (tertiary alicyclic amines) is 1. The highest BCUT2D eigenvalue weighted by molar-refractivity contribution is 7.14. The second-order valence-corrected chi connectivity index (χ2v) is 10.2. The Morgan fingerprint density at radius 2 is 1.81 bits per heavy atom. The van der Waals surface area contributed by atoms with Crippen molar-refractivity contribution in [2.24, 2.45) is 0 Å². The van der Waals surface area contributed by atoms with E-state index in [2.05, 4.69) is 53.2 Å². The van der Waals surface area contributed by atoms with Crippen LogP contribution in [0.25, 0.3) is 54.9 Å². The predicted octanol–water partition coefficient (Wildman–Crippen LogP) is 6.03. The van der Waals surface area contributed by atoms with E-state index in [9.17, 15) is 4.39 Å². The maximum Gasteiger partial charge on any atom is 0.176 e. The number of H-pyrrole nitrogens is 2. The van der Waals surface area contributed by atoms with Gasteiger partial charge < -0.3 is 4.98 Å². The summed E-state index contributed by atoms with van der Waals surface area (Å²) in [6, 6.07) is 9.57. The molecule has 6 aromatic heterocycles. The fourth-order valence-corrected chi connectivity index (χ4v) is 5.78. The number of hydrogen-bond donors (Lipinski definition) is 2. The summed E-state index contributed by atoms with van der Waals surface area (Å²) in [5.41, 5.74) is 7.33. The van der Waals surface area contributed by atoms with Gasteiger partial charge in [-0.1, -0.05) is 0 Å². The number of nitrogens with zero attached hydrogens (tertiary/aromatic N) is 5. The summed E-state index contributed by atoms with van der Waals surface area (Å²) in [5.74, 6) is 0. The lowest BCUT2D eigenvalue weighted by Crippen LogP contribution is -2.18. The van der Waals surface area contributed by atoms with Crippen molar-refractivity contribution in [2.75, 3.05) is 13.1 Å². The molecule has 6 aromatic rings. The molecule has 9 heteroatoms. The van der Waals surface area contributed by atoms with Crippen molar-refractivity contribution in [3.05, 3.63) is 72.0 Å². The molecule has 7 rings (SSSR count). The predicted molar refractivity (Wildman–Crippen MR) is 140 cm³/mol. The summed E-state index contributed by atoms with van der Waals surface area (Å²) in [4.78, 5) is 20.3. The molecule has 0 unspecified atom stereocenters. The van der Waals surface area contributed by atoms with Crippen LogP contribution >= 0.6 is 11.3 Å². The number of halogens is 1. The van der Waals surface area contributed by atoms with E-state index in [4.69, 9.17) is 0 Å². The minimum absolute atomic E-state index is 0.213. The average Bonchev–Trinajstić information content (AvgIpc) is 3.70. The molecule has 0 amide bonds.